The van der Waals surface area contributed by atoms with Crippen LogP contribution in [-0.4, -0.2) is 33.5 Å². The third-order valence-electron chi connectivity index (χ3n) is 4.64. The average molecular weight is 373 g/mol. The molecule has 3 N–H and O–H groups in total. The normalized spacial score (nSPS) is 15.7. The minimum atomic E-state index is -3.75. The zero-order valence-corrected chi connectivity index (χ0v) is 15.5. The molecule has 0 bridgehead atoms. The van der Waals surface area contributed by atoms with Crippen molar-refractivity contribution in [2.24, 2.45) is 5.14 Å². The second-order valence-corrected chi connectivity index (χ2v) is 8.20. The number of anilines is 1. The fraction of sp³-hybridized carbons (Fsp3) is 0.316. The molecule has 0 saturated carbocycles. The highest BCUT2D eigenvalue weighted by Crippen LogP contribution is 2.21. The Morgan fingerprint density at radius 2 is 1.77 bits per heavy atom. The molecule has 2 aromatic rings. The molecule has 7 heteroatoms. The van der Waals surface area contributed by atoms with Gasteiger partial charge in [0.15, 0.2) is 0 Å². The fourth-order valence-electron chi connectivity index (χ4n) is 3.17. The van der Waals surface area contributed by atoms with Gasteiger partial charge >= 0.3 is 0 Å². The van der Waals surface area contributed by atoms with Crippen molar-refractivity contribution >= 4 is 21.6 Å². The van der Waals surface area contributed by atoms with Gasteiger partial charge < -0.3 is 10.2 Å². The Labute approximate surface area is 154 Å². The molecule has 1 heterocycles. The van der Waals surface area contributed by atoms with Gasteiger partial charge in [-0.1, -0.05) is 12.1 Å². The number of amides is 1. The van der Waals surface area contributed by atoms with Gasteiger partial charge in [-0.15, -0.1) is 0 Å². The standard InChI is InChI=1S/C19H23N3O3S/c1-14-3-2-4-17(13-14)22-11-9-16(10-12-22)21-19(23)15-5-7-18(8-6-15)26(20,24)25/h2-8,13,16H,9-12H2,1H3,(H,21,23)(H2,20,24,25). The molecule has 6 nitrogen and oxygen atoms in total. The molecular weight excluding hydrogens is 350 g/mol. The molecule has 26 heavy (non-hydrogen) atoms. The van der Waals surface area contributed by atoms with E-state index < -0.39 is 10.0 Å². The van der Waals surface area contributed by atoms with Gasteiger partial charge in [0.25, 0.3) is 5.91 Å². The number of benzene rings is 2. The topological polar surface area (TPSA) is 92.5 Å². The van der Waals surface area contributed by atoms with Crippen molar-refractivity contribution in [2.75, 3.05) is 18.0 Å². The van der Waals surface area contributed by atoms with Crippen molar-refractivity contribution in [2.45, 2.75) is 30.7 Å². The molecule has 1 fully saturated rings. The summed E-state index contributed by atoms with van der Waals surface area (Å²) in [5.41, 5.74) is 2.88. The third kappa shape index (κ3) is 4.42. The van der Waals surface area contributed by atoms with E-state index in [4.69, 9.17) is 5.14 Å². The summed E-state index contributed by atoms with van der Waals surface area (Å²) in [5, 5.41) is 8.10. The maximum atomic E-state index is 12.4. The maximum Gasteiger partial charge on any atom is 0.251 e. The Morgan fingerprint density at radius 1 is 1.12 bits per heavy atom. The summed E-state index contributed by atoms with van der Waals surface area (Å²) >= 11 is 0. The van der Waals surface area contributed by atoms with Crippen molar-refractivity contribution in [3.05, 3.63) is 59.7 Å². The summed E-state index contributed by atoms with van der Waals surface area (Å²) in [6.07, 6.45) is 1.74. The summed E-state index contributed by atoms with van der Waals surface area (Å²) in [6.45, 7) is 3.86. The molecule has 1 saturated heterocycles. The van der Waals surface area contributed by atoms with Crippen LogP contribution in [0.4, 0.5) is 5.69 Å². The second kappa shape index (κ2) is 7.47. The van der Waals surface area contributed by atoms with Crippen LogP contribution in [0.3, 0.4) is 0 Å². The van der Waals surface area contributed by atoms with E-state index in [9.17, 15) is 13.2 Å². The zero-order valence-electron chi connectivity index (χ0n) is 14.7. The molecule has 138 valence electrons. The number of primary sulfonamides is 1. The predicted octanol–water partition coefficient (Wildman–Crippen LogP) is 2.04. The van der Waals surface area contributed by atoms with Crippen LogP contribution in [0.1, 0.15) is 28.8 Å². The van der Waals surface area contributed by atoms with Gasteiger partial charge in [0.05, 0.1) is 4.90 Å². The lowest BCUT2D eigenvalue weighted by molar-refractivity contribution is 0.0931. The molecule has 0 aromatic heterocycles. The molecule has 3 rings (SSSR count). The monoisotopic (exact) mass is 373 g/mol. The number of nitrogens with two attached hydrogens (primary N) is 1. The predicted molar refractivity (Wildman–Crippen MR) is 102 cm³/mol. The summed E-state index contributed by atoms with van der Waals surface area (Å²) in [5.74, 6) is -0.194. The van der Waals surface area contributed by atoms with Crippen LogP contribution in [0.15, 0.2) is 53.4 Å². The highest BCUT2D eigenvalue weighted by molar-refractivity contribution is 7.89. The Balaban J connectivity index is 1.56. The molecule has 1 amide bonds. The third-order valence-corrected chi connectivity index (χ3v) is 5.57. The smallest absolute Gasteiger partial charge is 0.251 e. The van der Waals surface area contributed by atoms with Crippen molar-refractivity contribution in [1.29, 1.82) is 0 Å². The summed E-state index contributed by atoms with van der Waals surface area (Å²) in [6, 6.07) is 14.2. The van der Waals surface area contributed by atoms with Crippen LogP contribution in [-0.2, 0) is 10.0 Å². The van der Waals surface area contributed by atoms with Gasteiger partial charge in [-0.2, -0.15) is 0 Å². The van der Waals surface area contributed by atoms with Crippen molar-refractivity contribution < 1.29 is 13.2 Å². The van der Waals surface area contributed by atoms with E-state index >= 15 is 0 Å². The average Bonchev–Trinajstić information content (AvgIpc) is 2.62. The van der Waals surface area contributed by atoms with Gasteiger partial charge in [0, 0.05) is 30.4 Å². The molecule has 2 aromatic carbocycles. The summed E-state index contributed by atoms with van der Waals surface area (Å²) in [7, 11) is -3.75. The van der Waals surface area contributed by atoms with E-state index in [-0.39, 0.29) is 16.8 Å². The molecule has 0 aliphatic carbocycles. The number of hydrogen-bond acceptors (Lipinski definition) is 4. The largest absolute Gasteiger partial charge is 0.371 e. The van der Waals surface area contributed by atoms with Gasteiger partial charge in [-0.25, -0.2) is 13.6 Å². The summed E-state index contributed by atoms with van der Waals surface area (Å²) < 4.78 is 22.5. The van der Waals surface area contributed by atoms with E-state index in [0.29, 0.717) is 5.56 Å². The van der Waals surface area contributed by atoms with Crippen LogP contribution >= 0.6 is 0 Å². The number of hydrogen-bond donors (Lipinski definition) is 2. The number of carbonyl (C=O) groups is 1. The first-order valence-corrected chi connectivity index (χ1v) is 10.1. The summed E-state index contributed by atoms with van der Waals surface area (Å²) in [4.78, 5) is 14.7. The van der Waals surface area contributed by atoms with Crippen LogP contribution in [0.5, 0.6) is 0 Å². The van der Waals surface area contributed by atoms with Crippen LogP contribution in [0, 0.1) is 6.92 Å². The van der Waals surface area contributed by atoms with Crippen molar-refractivity contribution in [3.63, 3.8) is 0 Å². The minimum absolute atomic E-state index is 0.000475. The zero-order chi connectivity index (χ0) is 18.7. The number of nitrogens with one attached hydrogen (secondary N) is 1. The fourth-order valence-corrected chi connectivity index (χ4v) is 3.69. The van der Waals surface area contributed by atoms with Crippen LogP contribution < -0.4 is 15.4 Å². The molecule has 0 atom stereocenters. The SMILES string of the molecule is Cc1cccc(N2CCC(NC(=O)c3ccc(S(N)(=O)=O)cc3)CC2)c1. The lowest BCUT2D eigenvalue weighted by Crippen LogP contribution is -2.44. The van der Waals surface area contributed by atoms with Gasteiger partial charge in [0.2, 0.25) is 10.0 Å². The number of carbonyl (C=O) groups excluding carboxylic acids is 1. The first kappa shape index (κ1) is 18.4. The Morgan fingerprint density at radius 3 is 2.35 bits per heavy atom. The molecule has 0 spiro atoms. The number of rotatable bonds is 4. The highest BCUT2D eigenvalue weighted by Gasteiger charge is 2.21. The van der Waals surface area contributed by atoms with Crippen LogP contribution in [0.25, 0.3) is 0 Å². The molecule has 1 aliphatic heterocycles. The van der Waals surface area contributed by atoms with E-state index in [2.05, 4.69) is 41.4 Å². The van der Waals surface area contributed by atoms with E-state index in [1.54, 1.807) is 0 Å². The second-order valence-electron chi connectivity index (χ2n) is 6.64. The van der Waals surface area contributed by atoms with Crippen molar-refractivity contribution in [3.8, 4) is 0 Å². The molecular formula is C19H23N3O3S. The first-order chi connectivity index (χ1) is 12.3. The Hall–Kier alpha value is -2.38. The number of sulfonamides is 1. The molecule has 0 radical (unpaired) electrons. The lowest BCUT2D eigenvalue weighted by atomic mass is 10.0. The number of nitrogens with zero attached hydrogens (tertiary/aromatic N) is 1. The molecule has 1 aliphatic rings. The highest BCUT2D eigenvalue weighted by atomic mass is 32.2. The minimum Gasteiger partial charge on any atom is -0.371 e. The maximum absolute atomic E-state index is 12.4. The van der Waals surface area contributed by atoms with Gasteiger partial charge in [-0.05, 0) is 61.7 Å². The van der Waals surface area contributed by atoms with Gasteiger partial charge in [-0.3, -0.25) is 4.79 Å². The van der Waals surface area contributed by atoms with Crippen molar-refractivity contribution in [1.82, 2.24) is 5.32 Å². The quantitative estimate of drug-likeness (QED) is 0.858. The number of piperidine rings is 1. The first-order valence-electron chi connectivity index (χ1n) is 8.58. The molecule has 0 unspecified atom stereocenters. The van der Waals surface area contributed by atoms with E-state index in [0.717, 1.165) is 25.9 Å². The van der Waals surface area contributed by atoms with Gasteiger partial charge in [0.1, 0.15) is 0 Å². The Kier molecular flexibility index (Phi) is 5.29. The Bertz CT molecular complexity index is 887. The number of aryl methyl sites for hydroxylation is 1. The van der Waals surface area contributed by atoms with E-state index in [1.165, 1.54) is 35.5 Å². The van der Waals surface area contributed by atoms with Crippen LogP contribution in [0.2, 0.25) is 0 Å². The van der Waals surface area contributed by atoms with E-state index in [1.807, 2.05) is 0 Å². The lowest BCUT2D eigenvalue weighted by Gasteiger charge is -2.34.